The Kier molecular flexibility index (Phi) is 5.77. The molecule has 0 aliphatic heterocycles. The van der Waals surface area contributed by atoms with E-state index in [0.29, 0.717) is 12.4 Å². The summed E-state index contributed by atoms with van der Waals surface area (Å²) < 4.78 is 25.5. The van der Waals surface area contributed by atoms with Crippen molar-refractivity contribution in [1.82, 2.24) is 10.3 Å². The van der Waals surface area contributed by atoms with Gasteiger partial charge in [-0.05, 0) is 28.5 Å². The molecule has 0 radical (unpaired) electrons. The molecular weight excluding hydrogens is 292 g/mol. The quantitative estimate of drug-likeness (QED) is 0.876. The topological polar surface area (TPSA) is 28.2 Å². The zero-order chi connectivity index (χ0) is 12.8. The van der Waals surface area contributed by atoms with Gasteiger partial charge in [-0.1, -0.05) is 6.92 Å². The van der Waals surface area contributed by atoms with Gasteiger partial charge in [0.1, 0.15) is 5.82 Å². The third kappa shape index (κ3) is 4.55. The van der Waals surface area contributed by atoms with Gasteiger partial charge in [0, 0.05) is 29.8 Å². The fraction of sp³-hybridized carbons (Fsp3) is 0.545. The summed E-state index contributed by atoms with van der Waals surface area (Å²) >= 11 is 3.33. The molecule has 0 aliphatic rings. The van der Waals surface area contributed by atoms with E-state index >= 15 is 0 Å². The van der Waals surface area contributed by atoms with Crippen LogP contribution in [0.4, 0.5) is 14.6 Å². The zero-order valence-electron chi connectivity index (χ0n) is 9.88. The van der Waals surface area contributed by atoms with Crippen molar-refractivity contribution < 1.29 is 8.78 Å². The molecule has 0 saturated carbocycles. The van der Waals surface area contributed by atoms with Crippen LogP contribution in [-0.4, -0.2) is 31.5 Å². The van der Waals surface area contributed by atoms with E-state index in [9.17, 15) is 8.78 Å². The SMILES string of the molecule is CCNCc1cc(Br)cnc1N(C)CC(F)F. The summed E-state index contributed by atoms with van der Waals surface area (Å²) in [7, 11) is 1.62. The Balaban J connectivity index is 2.88. The Morgan fingerprint density at radius 3 is 2.82 bits per heavy atom. The molecule has 0 atom stereocenters. The van der Waals surface area contributed by atoms with Gasteiger partial charge in [0.25, 0.3) is 6.43 Å². The summed E-state index contributed by atoms with van der Waals surface area (Å²) in [6.45, 7) is 3.12. The molecule has 1 N–H and O–H groups in total. The molecule has 0 fully saturated rings. The van der Waals surface area contributed by atoms with Gasteiger partial charge in [0.05, 0.1) is 6.54 Å². The van der Waals surface area contributed by atoms with Crippen LogP contribution in [0.5, 0.6) is 0 Å². The van der Waals surface area contributed by atoms with Gasteiger partial charge in [-0.2, -0.15) is 0 Å². The minimum absolute atomic E-state index is 0.312. The Hall–Kier alpha value is -0.750. The molecule has 3 nitrogen and oxygen atoms in total. The minimum atomic E-state index is -2.36. The molecule has 0 aliphatic carbocycles. The summed E-state index contributed by atoms with van der Waals surface area (Å²) in [5.41, 5.74) is 0.907. The Morgan fingerprint density at radius 1 is 1.53 bits per heavy atom. The van der Waals surface area contributed by atoms with Gasteiger partial charge < -0.3 is 10.2 Å². The highest BCUT2D eigenvalue weighted by Crippen LogP contribution is 2.21. The van der Waals surface area contributed by atoms with Crippen LogP contribution in [0.2, 0.25) is 0 Å². The van der Waals surface area contributed by atoms with Crippen molar-refractivity contribution in [3.63, 3.8) is 0 Å². The summed E-state index contributed by atoms with van der Waals surface area (Å²) in [6, 6.07) is 1.90. The molecule has 96 valence electrons. The molecule has 1 aromatic heterocycles. The minimum Gasteiger partial charge on any atom is -0.354 e. The number of nitrogens with one attached hydrogen (secondary N) is 1. The summed E-state index contributed by atoms with van der Waals surface area (Å²) in [4.78, 5) is 5.67. The van der Waals surface area contributed by atoms with E-state index in [1.807, 2.05) is 13.0 Å². The molecule has 0 unspecified atom stereocenters. The van der Waals surface area contributed by atoms with E-state index in [1.54, 1.807) is 13.2 Å². The molecule has 0 bridgehead atoms. The number of nitrogens with zero attached hydrogens (tertiary/aromatic N) is 2. The van der Waals surface area contributed by atoms with Gasteiger partial charge in [0.2, 0.25) is 0 Å². The van der Waals surface area contributed by atoms with Gasteiger partial charge in [-0.3, -0.25) is 0 Å². The zero-order valence-corrected chi connectivity index (χ0v) is 11.5. The summed E-state index contributed by atoms with van der Waals surface area (Å²) in [6.07, 6.45) is -0.746. The number of halogens is 3. The van der Waals surface area contributed by atoms with E-state index in [0.717, 1.165) is 16.6 Å². The number of pyridine rings is 1. The molecule has 1 aromatic rings. The molecule has 0 saturated heterocycles. The van der Waals surface area contributed by atoms with Gasteiger partial charge >= 0.3 is 0 Å². The average Bonchev–Trinajstić information content (AvgIpc) is 2.25. The molecule has 6 heteroatoms. The smallest absolute Gasteiger partial charge is 0.255 e. The van der Waals surface area contributed by atoms with Crippen LogP contribution in [0.1, 0.15) is 12.5 Å². The number of hydrogen-bond donors (Lipinski definition) is 1. The van der Waals surface area contributed by atoms with Crippen molar-refractivity contribution >= 4 is 21.7 Å². The first-order valence-electron chi connectivity index (χ1n) is 5.39. The van der Waals surface area contributed by atoms with Crippen molar-refractivity contribution in [2.24, 2.45) is 0 Å². The second kappa shape index (κ2) is 6.86. The van der Waals surface area contributed by atoms with Crippen LogP contribution in [0.3, 0.4) is 0 Å². The molecule has 1 heterocycles. The van der Waals surface area contributed by atoms with Crippen molar-refractivity contribution in [3.8, 4) is 0 Å². The maximum absolute atomic E-state index is 12.3. The maximum Gasteiger partial charge on any atom is 0.255 e. The predicted molar refractivity (Wildman–Crippen MR) is 68.6 cm³/mol. The number of aromatic nitrogens is 1. The molecular formula is C11H16BrF2N3. The fourth-order valence-electron chi connectivity index (χ4n) is 1.50. The lowest BCUT2D eigenvalue weighted by molar-refractivity contribution is 0.156. The van der Waals surface area contributed by atoms with E-state index < -0.39 is 6.43 Å². The Morgan fingerprint density at radius 2 is 2.24 bits per heavy atom. The summed E-state index contributed by atoms with van der Waals surface area (Å²) in [5.74, 6) is 0.592. The van der Waals surface area contributed by atoms with Crippen molar-refractivity contribution in [3.05, 3.63) is 22.3 Å². The van der Waals surface area contributed by atoms with Crippen LogP contribution in [-0.2, 0) is 6.54 Å². The van der Waals surface area contributed by atoms with Crippen molar-refractivity contribution in [2.75, 3.05) is 25.0 Å². The number of alkyl halides is 2. The molecule has 0 amide bonds. The normalized spacial score (nSPS) is 10.9. The lowest BCUT2D eigenvalue weighted by atomic mass is 10.2. The highest BCUT2D eigenvalue weighted by atomic mass is 79.9. The van der Waals surface area contributed by atoms with Crippen LogP contribution in [0.15, 0.2) is 16.7 Å². The lowest BCUT2D eigenvalue weighted by Crippen LogP contribution is -2.27. The average molecular weight is 308 g/mol. The Bertz CT molecular complexity index is 361. The lowest BCUT2D eigenvalue weighted by Gasteiger charge is -2.21. The van der Waals surface area contributed by atoms with Crippen molar-refractivity contribution in [2.45, 2.75) is 19.9 Å². The van der Waals surface area contributed by atoms with Crippen LogP contribution < -0.4 is 10.2 Å². The monoisotopic (exact) mass is 307 g/mol. The molecule has 17 heavy (non-hydrogen) atoms. The fourth-order valence-corrected chi connectivity index (χ4v) is 1.88. The number of rotatable bonds is 6. The van der Waals surface area contributed by atoms with Gasteiger partial charge in [-0.15, -0.1) is 0 Å². The highest BCUT2D eigenvalue weighted by molar-refractivity contribution is 9.10. The van der Waals surface area contributed by atoms with Crippen LogP contribution >= 0.6 is 15.9 Å². The standard InChI is InChI=1S/C11H16BrF2N3/c1-3-15-5-8-4-9(12)6-16-11(8)17(2)7-10(13)14/h4,6,10,15H,3,5,7H2,1-2H3. The maximum atomic E-state index is 12.3. The van der Waals surface area contributed by atoms with Crippen LogP contribution in [0, 0.1) is 0 Å². The number of anilines is 1. The van der Waals surface area contributed by atoms with Gasteiger partial charge in [-0.25, -0.2) is 13.8 Å². The molecule has 0 aromatic carbocycles. The Labute approximate surface area is 108 Å². The third-order valence-corrected chi connectivity index (χ3v) is 2.68. The number of hydrogen-bond acceptors (Lipinski definition) is 3. The highest BCUT2D eigenvalue weighted by Gasteiger charge is 2.13. The molecule has 0 spiro atoms. The van der Waals surface area contributed by atoms with Crippen LogP contribution in [0.25, 0.3) is 0 Å². The van der Waals surface area contributed by atoms with E-state index in [-0.39, 0.29) is 6.54 Å². The second-order valence-electron chi connectivity index (χ2n) is 3.69. The second-order valence-corrected chi connectivity index (χ2v) is 4.60. The first kappa shape index (κ1) is 14.3. The van der Waals surface area contributed by atoms with Gasteiger partial charge in [0.15, 0.2) is 0 Å². The van der Waals surface area contributed by atoms with E-state index in [2.05, 4.69) is 26.2 Å². The van der Waals surface area contributed by atoms with E-state index in [4.69, 9.17) is 0 Å². The predicted octanol–water partition coefficient (Wildman–Crippen LogP) is 2.65. The van der Waals surface area contributed by atoms with Crippen molar-refractivity contribution in [1.29, 1.82) is 0 Å². The molecule has 1 rings (SSSR count). The largest absolute Gasteiger partial charge is 0.354 e. The third-order valence-electron chi connectivity index (χ3n) is 2.25. The first-order chi connectivity index (χ1) is 8.04. The summed E-state index contributed by atoms with van der Waals surface area (Å²) in [5, 5.41) is 3.17. The van der Waals surface area contributed by atoms with E-state index in [1.165, 1.54) is 4.90 Å². The first-order valence-corrected chi connectivity index (χ1v) is 6.18.